The number of nitrogens with zero attached hydrogens (tertiary/aromatic N) is 2. The van der Waals surface area contributed by atoms with Gasteiger partial charge in [-0.3, -0.25) is 4.90 Å². The molecular formula is C7H11N3O. The molecule has 4 heteroatoms. The average molecular weight is 153 g/mol. The second-order valence-corrected chi connectivity index (χ2v) is 2.40. The van der Waals surface area contributed by atoms with Crippen LogP contribution in [0.1, 0.15) is 5.82 Å². The van der Waals surface area contributed by atoms with Gasteiger partial charge in [0, 0.05) is 12.4 Å². The van der Waals surface area contributed by atoms with E-state index in [4.69, 9.17) is 0 Å². The van der Waals surface area contributed by atoms with Gasteiger partial charge < -0.3 is 9.78 Å². The highest BCUT2D eigenvalue weighted by Gasteiger charge is 1.99. The molecule has 0 radical (unpaired) electrons. The normalized spacial score (nSPS) is 10.4. The minimum absolute atomic E-state index is 0.445. The minimum atomic E-state index is 0.445. The van der Waals surface area contributed by atoms with E-state index in [2.05, 4.69) is 9.97 Å². The van der Waals surface area contributed by atoms with Crippen LogP contribution in [0, 0.1) is 0 Å². The first-order chi connectivity index (χ1) is 5.33. The molecule has 0 atom stereocenters. The first-order valence-corrected chi connectivity index (χ1v) is 3.43. The molecule has 4 nitrogen and oxygen atoms in total. The van der Waals surface area contributed by atoms with Crippen LogP contribution in [0.15, 0.2) is 12.4 Å². The lowest BCUT2D eigenvalue weighted by molar-refractivity contribution is -0.108. The summed E-state index contributed by atoms with van der Waals surface area (Å²) in [5.74, 6) is 0.884. The molecule has 0 spiro atoms. The molecule has 0 amide bonds. The van der Waals surface area contributed by atoms with Crippen LogP contribution in [-0.4, -0.2) is 34.7 Å². The third kappa shape index (κ3) is 2.51. The van der Waals surface area contributed by atoms with E-state index in [0.29, 0.717) is 13.1 Å². The molecule has 0 saturated carbocycles. The van der Waals surface area contributed by atoms with Crippen LogP contribution in [0.5, 0.6) is 0 Å². The van der Waals surface area contributed by atoms with Crippen molar-refractivity contribution in [1.29, 1.82) is 0 Å². The van der Waals surface area contributed by atoms with Crippen molar-refractivity contribution in [2.75, 3.05) is 13.6 Å². The Morgan fingerprint density at radius 3 is 3.18 bits per heavy atom. The Morgan fingerprint density at radius 1 is 1.82 bits per heavy atom. The standard InChI is InChI=1S/C7H11N3O/c1-10(4-5-11)6-7-8-2-3-9-7/h2-3,5H,4,6H2,1H3,(H,8,9). The molecular weight excluding hydrogens is 142 g/mol. The summed E-state index contributed by atoms with van der Waals surface area (Å²) in [5, 5.41) is 0. The van der Waals surface area contributed by atoms with E-state index in [1.54, 1.807) is 12.4 Å². The number of aromatic nitrogens is 2. The lowest BCUT2D eigenvalue weighted by atomic mass is 10.5. The summed E-state index contributed by atoms with van der Waals surface area (Å²) in [5.41, 5.74) is 0. The molecule has 1 heterocycles. The average Bonchev–Trinajstić information content (AvgIpc) is 2.40. The van der Waals surface area contributed by atoms with Crippen LogP contribution in [0.3, 0.4) is 0 Å². The Kier molecular flexibility index (Phi) is 2.80. The van der Waals surface area contributed by atoms with Gasteiger partial charge in [-0.25, -0.2) is 4.98 Å². The first kappa shape index (κ1) is 7.94. The van der Waals surface area contributed by atoms with Gasteiger partial charge in [-0.15, -0.1) is 0 Å². The van der Waals surface area contributed by atoms with Crippen LogP contribution in [0.4, 0.5) is 0 Å². The van der Waals surface area contributed by atoms with E-state index in [9.17, 15) is 4.79 Å². The fraction of sp³-hybridized carbons (Fsp3) is 0.429. The first-order valence-electron chi connectivity index (χ1n) is 3.43. The zero-order valence-electron chi connectivity index (χ0n) is 6.45. The smallest absolute Gasteiger partial charge is 0.133 e. The number of imidazole rings is 1. The number of carbonyl (C=O) groups excluding carboxylic acids is 1. The van der Waals surface area contributed by atoms with Crippen LogP contribution in [0.25, 0.3) is 0 Å². The number of aromatic amines is 1. The zero-order valence-corrected chi connectivity index (χ0v) is 6.45. The maximum absolute atomic E-state index is 10.1. The quantitative estimate of drug-likeness (QED) is 0.621. The zero-order chi connectivity index (χ0) is 8.10. The fourth-order valence-electron chi connectivity index (χ4n) is 0.832. The van der Waals surface area contributed by atoms with Gasteiger partial charge in [0.05, 0.1) is 13.1 Å². The Hall–Kier alpha value is -1.16. The van der Waals surface area contributed by atoms with Gasteiger partial charge in [0.1, 0.15) is 12.1 Å². The van der Waals surface area contributed by atoms with E-state index in [1.165, 1.54) is 0 Å². The molecule has 0 aliphatic heterocycles. The summed E-state index contributed by atoms with van der Waals surface area (Å²) in [6, 6.07) is 0. The van der Waals surface area contributed by atoms with E-state index < -0.39 is 0 Å². The van der Waals surface area contributed by atoms with Crippen molar-refractivity contribution in [2.45, 2.75) is 6.54 Å². The molecule has 0 bridgehead atoms. The Labute approximate surface area is 65.2 Å². The van der Waals surface area contributed by atoms with Crippen molar-refractivity contribution in [3.8, 4) is 0 Å². The number of hydrogen-bond donors (Lipinski definition) is 1. The number of rotatable bonds is 4. The number of H-pyrrole nitrogens is 1. The summed E-state index contributed by atoms with van der Waals surface area (Å²) in [4.78, 5) is 18.9. The monoisotopic (exact) mass is 153 g/mol. The Balaban J connectivity index is 2.37. The van der Waals surface area contributed by atoms with Gasteiger partial charge in [-0.2, -0.15) is 0 Å². The van der Waals surface area contributed by atoms with Crippen molar-refractivity contribution in [3.63, 3.8) is 0 Å². The Morgan fingerprint density at radius 2 is 2.64 bits per heavy atom. The van der Waals surface area contributed by atoms with Crippen molar-refractivity contribution in [1.82, 2.24) is 14.9 Å². The second kappa shape index (κ2) is 3.88. The molecule has 0 unspecified atom stereocenters. The van der Waals surface area contributed by atoms with Crippen LogP contribution < -0.4 is 0 Å². The molecule has 11 heavy (non-hydrogen) atoms. The molecule has 60 valence electrons. The molecule has 1 aromatic heterocycles. The molecule has 0 aliphatic carbocycles. The van der Waals surface area contributed by atoms with Crippen LogP contribution >= 0.6 is 0 Å². The molecule has 0 saturated heterocycles. The summed E-state index contributed by atoms with van der Waals surface area (Å²) in [6.07, 6.45) is 4.34. The van der Waals surface area contributed by atoms with Crippen molar-refractivity contribution in [2.24, 2.45) is 0 Å². The summed E-state index contributed by atoms with van der Waals surface area (Å²) < 4.78 is 0. The number of hydrogen-bond acceptors (Lipinski definition) is 3. The van der Waals surface area contributed by atoms with Crippen molar-refractivity contribution in [3.05, 3.63) is 18.2 Å². The predicted octanol–water partition coefficient (Wildman–Crippen LogP) is 0.0404. The number of nitrogens with one attached hydrogen (secondary N) is 1. The van der Waals surface area contributed by atoms with Crippen molar-refractivity contribution < 1.29 is 4.79 Å². The highest BCUT2D eigenvalue weighted by molar-refractivity contribution is 5.51. The van der Waals surface area contributed by atoms with Gasteiger partial charge in [-0.1, -0.05) is 0 Å². The molecule has 0 aromatic carbocycles. The van der Waals surface area contributed by atoms with E-state index in [1.807, 2.05) is 11.9 Å². The summed E-state index contributed by atoms with van der Waals surface area (Å²) in [6.45, 7) is 1.13. The van der Waals surface area contributed by atoms with Gasteiger partial charge in [0.2, 0.25) is 0 Å². The topological polar surface area (TPSA) is 49.0 Å². The van der Waals surface area contributed by atoms with Gasteiger partial charge in [-0.05, 0) is 7.05 Å². The Bertz CT molecular complexity index is 207. The highest BCUT2D eigenvalue weighted by atomic mass is 16.1. The van der Waals surface area contributed by atoms with Crippen LogP contribution in [0.2, 0.25) is 0 Å². The third-order valence-corrected chi connectivity index (χ3v) is 1.36. The highest BCUT2D eigenvalue weighted by Crippen LogP contribution is 1.92. The molecule has 0 aliphatic rings. The second-order valence-electron chi connectivity index (χ2n) is 2.40. The lowest BCUT2D eigenvalue weighted by Gasteiger charge is -2.09. The maximum atomic E-state index is 10.1. The van der Waals surface area contributed by atoms with E-state index >= 15 is 0 Å². The third-order valence-electron chi connectivity index (χ3n) is 1.36. The largest absolute Gasteiger partial charge is 0.348 e. The molecule has 1 rings (SSSR count). The van der Waals surface area contributed by atoms with E-state index in [-0.39, 0.29) is 0 Å². The summed E-state index contributed by atoms with van der Waals surface area (Å²) >= 11 is 0. The maximum Gasteiger partial charge on any atom is 0.133 e. The van der Waals surface area contributed by atoms with Gasteiger partial charge in [0.15, 0.2) is 0 Å². The van der Waals surface area contributed by atoms with Crippen LogP contribution in [-0.2, 0) is 11.3 Å². The van der Waals surface area contributed by atoms with Gasteiger partial charge in [0.25, 0.3) is 0 Å². The minimum Gasteiger partial charge on any atom is -0.348 e. The van der Waals surface area contributed by atoms with Crippen molar-refractivity contribution >= 4 is 6.29 Å². The SMILES string of the molecule is CN(CC=O)Cc1ncc[nH]1. The molecule has 1 N–H and O–H groups in total. The lowest BCUT2D eigenvalue weighted by Crippen LogP contribution is -2.20. The summed E-state index contributed by atoms with van der Waals surface area (Å²) in [7, 11) is 1.87. The number of aldehydes is 1. The number of likely N-dealkylation sites (N-methyl/N-ethyl adjacent to an activating group) is 1. The fourth-order valence-corrected chi connectivity index (χ4v) is 0.832. The van der Waals surface area contributed by atoms with Gasteiger partial charge >= 0.3 is 0 Å². The molecule has 0 fully saturated rings. The molecule has 1 aromatic rings. The van der Waals surface area contributed by atoms with E-state index in [0.717, 1.165) is 12.1 Å². The predicted molar refractivity (Wildman–Crippen MR) is 41.0 cm³/mol. The number of carbonyl (C=O) groups is 1.